The van der Waals surface area contributed by atoms with Crippen LogP contribution in [-0.2, 0) is 16.7 Å². The van der Waals surface area contributed by atoms with Crippen LogP contribution in [0.3, 0.4) is 0 Å². The Morgan fingerprint density at radius 2 is 1.71 bits per heavy atom. The fourth-order valence-corrected chi connectivity index (χ4v) is 2.71. The molecule has 0 amide bonds. The van der Waals surface area contributed by atoms with Crippen LogP contribution in [0.5, 0.6) is 5.75 Å². The van der Waals surface area contributed by atoms with Crippen molar-refractivity contribution in [1.29, 1.82) is 0 Å². The lowest BCUT2D eigenvalue weighted by molar-refractivity contribution is 0.0600. The van der Waals surface area contributed by atoms with Crippen LogP contribution in [0.1, 0.15) is 35.3 Å². The first-order valence-electron chi connectivity index (χ1n) is 7.65. The molecule has 0 aromatic heterocycles. The number of methoxy groups -OCH3 is 1. The summed E-state index contributed by atoms with van der Waals surface area (Å²) in [6, 6.07) is 15.5. The van der Waals surface area contributed by atoms with Crippen molar-refractivity contribution in [3.05, 3.63) is 65.2 Å². The first-order chi connectivity index (χ1) is 11.3. The van der Waals surface area contributed by atoms with E-state index < -0.39 is 0 Å². The fourth-order valence-electron chi connectivity index (χ4n) is 2.16. The van der Waals surface area contributed by atoms with E-state index in [0.29, 0.717) is 16.5 Å². The van der Waals surface area contributed by atoms with Crippen LogP contribution >= 0.6 is 31.5 Å². The van der Waals surface area contributed by atoms with Crippen LogP contribution in [0.15, 0.2) is 48.5 Å². The Labute approximate surface area is 159 Å². The first kappa shape index (κ1) is 19.3. The van der Waals surface area contributed by atoms with Crippen molar-refractivity contribution in [3.8, 4) is 5.75 Å². The number of carbonyl (C=O) groups excluding carboxylic acids is 1. The molecule has 2 rings (SSSR count). The van der Waals surface area contributed by atoms with E-state index in [1.165, 1.54) is 12.7 Å². The lowest BCUT2D eigenvalue weighted by atomic mass is 9.66. The van der Waals surface area contributed by atoms with Crippen molar-refractivity contribution in [2.75, 3.05) is 7.11 Å². The van der Waals surface area contributed by atoms with E-state index in [4.69, 9.17) is 4.74 Å². The zero-order valence-corrected chi connectivity index (χ0v) is 17.4. The highest BCUT2D eigenvalue weighted by molar-refractivity contribution is 14.1. The smallest absolute Gasteiger partial charge is 0.337 e. The first-order valence-corrected chi connectivity index (χ1v) is 9.56. The Bertz CT molecular complexity index is 684. The summed E-state index contributed by atoms with van der Waals surface area (Å²) >= 11 is 2.43. The second-order valence-corrected chi connectivity index (χ2v) is 9.49. The summed E-state index contributed by atoms with van der Waals surface area (Å²) in [6.45, 7) is 4.92. The van der Waals surface area contributed by atoms with E-state index in [1.54, 1.807) is 12.1 Å². The molecule has 0 spiro atoms. The highest BCUT2D eigenvalue weighted by atomic mass is 127. The van der Waals surface area contributed by atoms with Gasteiger partial charge in [-0.1, -0.05) is 38.1 Å². The lowest BCUT2D eigenvalue weighted by Crippen LogP contribution is -2.28. The third-order valence-corrected chi connectivity index (χ3v) is 6.46. The second kappa shape index (κ2) is 8.35. The lowest BCUT2D eigenvalue weighted by Gasteiger charge is -2.26. The predicted molar refractivity (Wildman–Crippen MR) is 111 cm³/mol. The summed E-state index contributed by atoms with van der Waals surface area (Å²) in [5, 5.41) is 0.0907. The average Bonchev–Trinajstić information content (AvgIpc) is 2.60. The molecular formula is C18H21BIO3P. The number of benzene rings is 2. The second-order valence-electron chi connectivity index (χ2n) is 6.13. The van der Waals surface area contributed by atoms with Gasteiger partial charge in [-0.05, 0) is 40.7 Å². The number of esters is 1. The van der Waals surface area contributed by atoms with Crippen molar-refractivity contribution in [3.63, 3.8) is 0 Å². The average molecular weight is 454 g/mol. The van der Waals surface area contributed by atoms with Crippen LogP contribution in [-0.4, -0.2) is 17.4 Å². The summed E-state index contributed by atoms with van der Waals surface area (Å²) in [6.07, 6.45) is 0. The molecule has 0 aliphatic heterocycles. The minimum Gasteiger partial charge on any atom is -0.489 e. The van der Waals surface area contributed by atoms with Gasteiger partial charge < -0.3 is 9.47 Å². The number of carbonyl (C=O) groups is 1. The summed E-state index contributed by atoms with van der Waals surface area (Å²) in [5.74, 6) is 0.503. The van der Waals surface area contributed by atoms with E-state index in [9.17, 15) is 4.79 Å². The number of ether oxygens (including phenoxy) is 2. The molecular weight excluding hydrogens is 433 g/mol. The Morgan fingerprint density at radius 1 is 1.12 bits per heavy atom. The Balaban J connectivity index is 1.99. The van der Waals surface area contributed by atoms with E-state index in [1.807, 2.05) is 24.3 Å². The Kier molecular flexibility index (Phi) is 6.70. The molecule has 3 nitrogen and oxygen atoms in total. The van der Waals surface area contributed by atoms with Crippen molar-refractivity contribution in [2.24, 2.45) is 0 Å². The maximum Gasteiger partial charge on any atom is 0.337 e. The van der Waals surface area contributed by atoms with E-state index >= 15 is 0 Å². The normalized spacial score (nSPS) is 11.0. The molecule has 0 radical (unpaired) electrons. The van der Waals surface area contributed by atoms with Gasteiger partial charge in [-0.25, -0.2) is 4.79 Å². The molecule has 0 bridgehead atoms. The number of hydrogen-bond donors (Lipinski definition) is 0. The quantitative estimate of drug-likeness (QED) is 0.276. The molecule has 0 saturated carbocycles. The molecule has 24 heavy (non-hydrogen) atoms. The van der Waals surface area contributed by atoms with Crippen molar-refractivity contribution < 1.29 is 14.3 Å². The highest BCUT2D eigenvalue weighted by Gasteiger charge is 2.29. The third-order valence-electron chi connectivity index (χ3n) is 4.07. The fraction of sp³-hybridized carbons (Fsp3) is 0.278. The third kappa shape index (κ3) is 4.73. The van der Waals surface area contributed by atoms with Crippen LogP contribution < -0.4 is 4.74 Å². The minimum atomic E-state index is -0.330. The van der Waals surface area contributed by atoms with Gasteiger partial charge >= 0.3 is 5.97 Å². The monoisotopic (exact) mass is 454 g/mol. The number of hydrogen-bond acceptors (Lipinski definition) is 3. The molecule has 0 fully saturated rings. The van der Waals surface area contributed by atoms with Gasteiger partial charge in [-0.2, -0.15) is 9.12 Å². The zero-order valence-electron chi connectivity index (χ0n) is 14.1. The highest BCUT2D eigenvalue weighted by Crippen LogP contribution is 2.33. The van der Waals surface area contributed by atoms with Gasteiger partial charge in [0.15, 0.2) is 0 Å². The molecule has 126 valence electrons. The van der Waals surface area contributed by atoms with Crippen LogP contribution in [0, 0.1) is 0 Å². The van der Waals surface area contributed by atoms with Crippen molar-refractivity contribution >= 4 is 41.8 Å². The summed E-state index contributed by atoms with van der Waals surface area (Å²) in [5.41, 5.74) is 2.83. The molecule has 0 saturated heterocycles. The van der Waals surface area contributed by atoms with Gasteiger partial charge in [0.2, 0.25) is 4.29 Å². The topological polar surface area (TPSA) is 35.5 Å². The van der Waals surface area contributed by atoms with Crippen LogP contribution in [0.2, 0.25) is 0 Å². The number of halogens is 1. The van der Waals surface area contributed by atoms with Crippen molar-refractivity contribution in [1.82, 2.24) is 0 Å². The maximum absolute atomic E-state index is 11.4. The van der Waals surface area contributed by atoms with Crippen LogP contribution in [0.25, 0.3) is 0 Å². The molecule has 1 atom stereocenters. The zero-order chi connectivity index (χ0) is 17.7. The minimum absolute atomic E-state index is 0.0907. The van der Waals surface area contributed by atoms with Gasteiger partial charge in [0.25, 0.3) is 0 Å². The molecule has 0 aliphatic carbocycles. The molecule has 0 N–H and O–H groups in total. The molecule has 0 heterocycles. The summed E-state index contributed by atoms with van der Waals surface area (Å²) in [7, 11) is 4.24. The SMILES string of the molecule is COC(=O)c1ccc(COc2ccc(C(C)(C)B(P)I)cc2)cc1. The molecule has 2 aromatic rings. The molecule has 6 heteroatoms. The van der Waals surface area contributed by atoms with Gasteiger partial charge in [0.05, 0.1) is 12.7 Å². The summed E-state index contributed by atoms with van der Waals surface area (Å²) < 4.78 is 11.0. The van der Waals surface area contributed by atoms with E-state index in [0.717, 1.165) is 11.3 Å². The molecule has 0 aliphatic rings. The van der Waals surface area contributed by atoms with Gasteiger partial charge in [-0.3, -0.25) is 0 Å². The van der Waals surface area contributed by atoms with E-state index in [2.05, 4.69) is 62.2 Å². The Hall–Kier alpha value is -1.07. The van der Waals surface area contributed by atoms with Gasteiger partial charge in [0.1, 0.15) is 12.4 Å². The molecule has 1 unspecified atom stereocenters. The van der Waals surface area contributed by atoms with E-state index in [-0.39, 0.29) is 11.3 Å². The van der Waals surface area contributed by atoms with Gasteiger partial charge in [0, 0.05) is 0 Å². The predicted octanol–water partition coefficient (Wildman–Crippen LogP) is 4.67. The maximum atomic E-state index is 11.4. The van der Waals surface area contributed by atoms with Crippen LogP contribution in [0.4, 0.5) is 0 Å². The number of rotatable bonds is 6. The summed E-state index contributed by atoms with van der Waals surface area (Å²) in [4.78, 5) is 11.4. The Morgan fingerprint density at radius 3 is 2.21 bits per heavy atom. The standard InChI is InChI=1S/C18H21BIO3P/c1-18(2,19(20)24)15-8-10-16(11-9-15)23-12-13-4-6-14(7-5-13)17(21)22-3/h4-11H,12,24H2,1-3H3. The van der Waals surface area contributed by atoms with Crippen molar-refractivity contribution in [2.45, 2.75) is 25.8 Å². The van der Waals surface area contributed by atoms with Gasteiger partial charge in [-0.15, -0.1) is 22.4 Å². The molecule has 2 aromatic carbocycles. The largest absolute Gasteiger partial charge is 0.489 e.